The van der Waals surface area contributed by atoms with E-state index in [0.717, 1.165) is 18.9 Å². The Morgan fingerprint density at radius 2 is 1.81 bits per heavy atom. The summed E-state index contributed by atoms with van der Waals surface area (Å²) in [6.45, 7) is 0.824. The predicted molar refractivity (Wildman–Crippen MR) is 67.6 cm³/mol. The highest BCUT2D eigenvalue weighted by atomic mass is 14.6. The van der Waals surface area contributed by atoms with Crippen molar-refractivity contribution in [1.29, 1.82) is 0 Å². The van der Waals surface area contributed by atoms with Crippen LogP contribution in [0.25, 0.3) is 0 Å². The van der Waals surface area contributed by atoms with E-state index >= 15 is 0 Å². The summed E-state index contributed by atoms with van der Waals surface area (Å²) in [5.74, 6) is 0.876. The molecule has 1 aromatic carbocycles. The first-order valence-electron chi connectivity index (χ1n) is 6.65. The number of nitrogens with two attached hydrogens (primary N) is 1. The second-order valence-electron chi connectivity index (χ2n) is 5.57. The normalized spacial score (nSPS) is 22.8. The summed E-state index contributed by atoms with van der Waals surface area (Å²) >= 11 is 0. The molecule has 0 heterocycles. The number of hydrogen-bond donors (Lipinski definition) is 1. The smallest absolute Gasteiger partial charge is 0.00350 e. The van der Waals surface area contributed by atoms with Gasteiger partial charge in [-0.1, -0.05) is 30.7 Å². The van der Waals surface area contributed by atoms with E-state index in [1.807, 2.05) is 0 Å². The van der Waals surface area contributed by atoms with E-state index in [9.17, 15) is 0 Å². The molecule has 1 aromatic rings. The van der Waals surface area contributed by atoms with Gasteiger partial charge in [0.15, 0.2) is 0 Å². The lowest BCUT2D eigenvalue weighted by atomic mass is 9.62. The highest BCUT2D eigenvalue weighted by molar-refractivity contribution is 5.34. The van der Waals surface area contributed by atoms with Gasteiger partial charge in [-0.15, -0.1) is 0 Å². The molecule has 86 valence electrons. The third-order valence-electron chi connectivity index (χ3n) is 4.51. The van der Waals surface area contributed by atoms with E-state index in [1.54, 1.807) is 5.56 Å². The van der Waals surface area contributed by atoms with Gasteiger partial charge in [0, 0.05) is 0 Å². The van der Waals surface area contributed by atoms with Crippen molar-refractivity contribution in [2.24, 2.45) is 5.73 Å². The highest BCUT2D eigenvalue weighted by Crippen LogP contribution is 2.47. The molecule has 0 amide bonds. The summed E-state index contributed by atoms with van der Waals surface area (Å²) in [6.07, 6.45) is 8.01. The molecule has 3 rings (SSSR count). The summed E-state index contributed by atoms with van der Waals surface area (Å²) in [4.78, 5) is 0. The molecule has 1 heteroatoms. The molecule has 0 bridgehead atoms. The molecule has 2 aliphatic carbocycles. The molecule has 0 aromatic heterocycles. The van der Waals surface area contributed by atoms with E-state index < -0.39 is 0 Å². The summed E-state index contributed by atoms with van der Waals surface area (Å²) < 4.78 is 0. The Labute approximate surface area is 98.0 Å². The van der Waals surface area contributed by atoms with Gasteiger partial charge >= 0.3 is 0 Å². The fraction of sp³-hybridized carbons (Fsp3) is 0.600. The number of benzene rings is 1. The molecule has 0 radical (unpaired) electrons. The fourth-order valence-electron chi connectivity index (χ4n) is 3.09. The molecule has 0 unspecified atom stereocenters. The van der Waals surface area contributed by atoms with Crippen LogP contribution in [0, 0.1) is 0 Å². The summed E-state index contributed by atoms with van der Waals surface area (Å²) in [5.41, 5.74) is 9.27. The van der Waals surface area contributed by atoms with Gasteiger partial charge in [-0.05, 0) is 61.1 Å². The largest absolute Gasteiger partial charge is 0.330 e. The Balaban J connectivity index is 1.81. The van der Waals surface area contributed by atoms with Crippen LogP contribution in [0.4, 0.5) is 0 Å². The van der Waals surface area contributed by atoms with Crippen LogP contribution in [0.1, 0.15) is 55.6 Å². The van der Waals surface area contributed by atoms with E-state index in [0.29, 0.717) is 5.41 Å². The number of hydrogen-bond acceptors (Lipinski definition) is 1. The highest BCUT2D eigenvalue weighted by Gasteiger charge is 2.37. The van der Waals surface area contributed by atoms with Crippen molar-refractivity contribution in [3.05, 3.63) is 35.4 Å². The summed E-state index contributed by atoms with van der Waals surface area (Å²) in [6, 6.07) is 9.43. The zero-order valence-corrected chi connectivity index (χ0v) is 9.91. The molecule has 2 aliphatic rings. The Kier molecular flexibility index (Phi) is 2.51. The third-order valence-corrected chi connectivity index (χ3v) is 4.51. The van der Waals surface area contributed by atoms with Crippen LogP contribution < -0.4 is 5.73 Å². The zero-order chi connectivity index (χ0) is 11.0. The van der Waals surface area contributed by atoms with Crippen molar-refractivity contribution < 1.29 is 0 Å². The topological polar surface area (TPSA) is 26.0 Å². The molecule has 0 spiro atoms. The fourth-order valence-corrected chi connectivity index (χ4v) is 3.09. The molecule has 2 saturated carbocycles. The maximum atomic E-state index is 5.75. The van der Waals surface area contributed by atoms with Crippen LogP contribution in [-0.2, 0) is 5.41 Å². The van der Waals surface area contributed by atoms with E-state index in [4.69, 9.17) is 5.73 Å². The zero-order valence-electron chi connectivity index (χ0n) is 9.91. The Hall–Kier alpha value is -0.820. The van der Waals surface area contributed by atoms with Gasteiger partial charge in [-0.3, -0.25) is 0 Å². The van der Waals surface area contributed by atoms with Crippen molar-refractivity contribution in [2.75, 3.05) is 6.54 Å². The van der Waals surface area contributed by atoms with E-state index in [2.05, 4.69) is 24.3 Å². The van der Waals surface area contributed by atoms with Gasteiger partial charge in [-0.25, -0.2) is 0 Å². The van der Waals surface area contributed by atoms with Gasteiger partial charge < -0.3 is 5.73 Å². The lowest BCUT2D eigenvalue weighted by Crippen LogP contribution is -2.36. The average Bonchev–Trinajstić information content (AvgIpc) is 3.08. The van der Waals surface area contributed by atoms with E-state index in [-0.39, 0.29) is 0 Å². The molecule has 1 nitrogen and oxygen atoms in total. The minimum absolute atomic E-state index is 0.441. The maximum Gasteiger partial charge on any atom is -0.00350 e. The number of rotatable bonds is 4. The molecule has 2 fully saturated rings. The van der Waals surface area contributed by atoms with Crippen LogP contribution in [0.5, 0.6) is 0 Å². The first kappa shape index (κ1) is 10.3. The molecule has 0 saturated heterocycles. The quantitative estimate of drug-likeness (QED) is 0.819. The van der Waals surface area contributed by atoms with Gasteiger partial charge in [0.05, 0.1) is 0 Å². The Morgan fingerprint density at radius 1 is 1.12 bits per heavy atom. The van der Waals surface area contributed by atoms with Gasteiger partial charge in [0.25, 0.3) is 0 Å². The predicted octanol–water partition coefficient (Wildman–Crippen LogP) is 3.33. The van der Waals surface area contributed by atoms with Crippen molar-refractivity contribution in [3.8, 4) is 0 Å². The van der Waals surface area contributed by atoms with Crippen LogP contribution in [0.2, 0.25) is 0 Å². The van der Waals surface area contributed by atoms with Crippen molar-refractivity contribution in [3.63, 3.8) is 0 Å². The standard InChI is InChI=1S/C15H21N/c16-11-10-15(8-1-9-15)14-6-4-13(5-7-14)12-2-3-12/h4-7,12H,1-3,8-11,16H2. The first-order valence-corrected chi connectivity index (χ1v) is 6.65. The van der Waals surface area contributed by atoms with Crippen molar-refractivity contribution >= 4 is 0 Å². The van der Waals surface area contributed by atoms with Crippen LogP contribution in [0.15, 0.2) is 24.3 Å². The van der Waals surface area contributed by atoms with Crippen molar-refractivity contribution in [1.82, 2.24) is 0 Å². The lowest BCUT2D eigenvalue weighted by molar-refractivity contribution is 0.229. The SMILES string of the molecule is NCCC1(c2ccc(C3CC3)cc2)CCC1. The second-order valence-corrected chi connectivity index (χ2v) is 5.57. The maximum absolute atomic E-state index is 5.75. The minimum atomic E-state index is 0.441. The Morgan fingerprint density at radius 3 is 2.25 bits per heavy atom. The second kappa shape index (κ2) is 3.89. The minimum Gasteiger partial charge on any atom is -0.330 e. The Bertz CT molecular complexity index is 358. The third kappa shape index (κ3) is 1.67. The van der Waals surface area contributed by atoms with Gasteiger partial charge in [-0.2, -0.15) is 0 Å². The van der Waals surface area contributed by atoms with Crippen LogP contribution in [0.3, 0.4) is 0 Å². The lowest BCUT2D eigenvalue weighted by Gasteiger charge is -2.42. The molecular formula is C15H21N. The molecule has 0 atom stereocenters. The average molecular weight is 215 g/mol. The van der Waals surface area contributed by atoms with Gasteiger partial charge in [0.2, 0.25) is 0 Å². The molecule has 2 N–H and O–H groups in total. The molecule has 16 heavy (non-hydrogen) atoms. The first-order chi connectivity index (χ1) is 7.84. The monoisotopic (exact) mass is 215 g/mol. The van der Waals surface area contributed by atoms with E-state index in [1.165, 1.54) is 37.7 Å². The van der Waals surface area contributed by atoms with Crippen LogP contribution >= 0.6 is 0 Å². The molecular weight excluding hydrogens is 194 g/mol. The van der Waals surface area contributed by atoms with Crippen molar-refractivity contribution in [2.45, 2.75) is 49.9 Å². The summed E-state index contributed by atoms with van der Waals surface area (Å²) in [5, 5.41) is 0. The van der Waals surface area contributed by atoms with Gasteiger partial charge in [0.1, 0.15) is 0 Å². The van der Waals surface area contributed by atoms with Crippen LogP contribution in [-0.4, -0.2) is 6.54 Å². The summed E-state index contributed by atoms with van der Waals surface area (Å²) in [7, 11) is 0. The molecule has 0 aliphatic heterocycles.